The summed E-state index contributed by atoms with van der Waals surface area (Å²) in [5.74, 6) is 0.477. The fourth-order valence-electron chi connectivity index (χ4n) is 1.04. The molecule has 12 heavy (non-hydrogen) atoms. The second-order valence-electron chi connectivity index (χ2n) is 2.38. The van der Waals surface area contributed by atoms with Crippen LogP contribution in [0.5, 0.6) is 0 Å². The van der Waals surface area contributed by atoms with Gasteiger partial charge in [0.1, 0.15) is 5.52 Å². The molecule has 5 heteroatoms. The molecule has 2 rings (SSSR count). The molecule has 0 saturated heterocycles. The predicted octanol–water partition coefficient (Wildman–Crippen LogP) is 2.35. The van der Waals surface area contributed by atoms with Gasteiger partial charge in [0, 0.05) is 3.57 Å². The summed E-state index contributed by atoms with van der Waals surface area (Å²) in [5.41, 5.74) is 7.49. The van der Waals surface area contributed by atoms with Gasteiger partial charge in [-0.05, 0) is 57.3 Å². The number of hydrogen-bond acceptors (Lipinski definition) is 2. The lowest BCUT2D eigenvalue weighted by atomic mass is 10.3. The number of nitrogens with one attached hydrogen (secondary N) is 1. The van der Waals surface area contributed by atoms with E-state index in [9.17, 15) is 0 Å². The van der Waals surface area contributed by atoms with E-state index in [-0.39, 0.29) is 0 Å². The molecule has 0 bridgehead atoms. The van der Waals surface area contributed by atoms with Crippen molar-refractivity contribution < 1.29 is 0 Å². The number of rotatable bonds is 0. The molecule has 0 fully saturated rings. The average molecular weight is 385 g/mol. The Morgan fingerprint density at radius 3 is 2.83 bits per heavy atom. The van der Waals surface area contributed by atoms with Crippen LogP contribution in [0.4, 0.5) is 5.95 Å². The fourth-order valence-corrected chi connectivity index (χ4v) is 2.06. The molecule has 0 aliphatic carbocycles. The first kappa shape index (κ1) is 8.54. The normalized spacial score (nSPS) is 10.8. The number of nitrogens with zero attached hydrogens (tertiary/aromatic N) is 1. The first-order chi connectivity index (χ1) is 5.68. The van der Waals surface area contributed by atoms with Gasteiger partial charge < -0.3 is 10.7 Å². The lowest BCUT2D eigenvalue weighted by molar-refractivity contribution is 1.35. The quantitative estimate of drug-likeness (QED) is 0.685. The van der Waals surface area contributed by atoms with E-state index in [1.807, 2.05) is 12.1 Å². The zero-order valence-electron chi connectivity index (χ0n) is 5.94. The van der Waals surface area contributed by atoms with Crippen molar-refractivity contribution in [2.75, 3.05) is 5.73 Å². The highest BCUT2D eigenvalue weighted by Gasteiger charge is 2.05. The number of benzene rings is 1. The standard InChI is InChI=1S/C7H5I2N3/c8-3-1-2-4-6(5(3)9)12-7(10)11-4/h1-2H,(H3,10,11,12). The van der Waals surface area contributed by atoms with Crippen LogP contribution in [-0.4, -0.2) is 9.97 Å². The minimum absolute atomic E-state index is 0.477. The summed E-state index contributed by atoms with van der Waals surface area (Å²) in [4.78, 5) is 7.17. The van der Waals surface area contributed by atoms with Crippen LogP contribution >= 0.6 is 45.2 Å². The molecule has 0 spiro atoms. The number of halogens is 2. The van der Waals surface area contributed by atoms with Crippen LogP contribution in [0.25, 0.3) is 11.0 Å². The number of H-pyrrole nitrogens is 1. The van der Waals surface area contributed by atoms with Crippen molar-refractivity contribution in [2.45, 2.75) is 0 Å². The molecule has 0 unspecified atom stereocenters. The van der Waals surface area contributed by atoms with Crippen LogP contribution in [0.3, 0.4) is 0 Å². The van der Waals surface area contributed by atoms with Crippen LogP contribution in [0.1, 0.15) is 0 Å². The Hall–Kier alpha value is -0.0500. The molecule has 1 aromatic carbocycles. The first-order valence-electron chi connectivity index (χ1n) is 3.27. The second kappa shape index (κ2) is 3.02. The Morgan fingerprint density at radius 2 is 2.08 bits per heavy atom. The number of aromatic nitrogens is 2. The Bertz CT molecular complexity index is 435. The number of aromatic amines is 1. The number of hydrogen-bond donors (Lipinski definition) is 2. The Kier molecular flexibility index (Phi) is 2.15. The summed E-state index contributed by atoms with van der Waals surface area (Å²) in [6.45, 7) is 0. The molecule has 62 valence electrons. The van der Waals surface area contributed by atoms with Crippen LogP contribution in [0.2, 0.25) is 0 Å². The van der Waals surface area contributed by atoms with Crippen LogP contribution < -0.4 is 5.73 Å². The maximum Gasteiger partial charge on any atom is 0.198 e. The summed E-state index contributed by atoms with van der Waals surface area (Å²) < 4.78 is 2.35. The van der Waals surface area contributed by atoms with Gasteiger partial charge in [0.15, 0.2) is 5.95 Å². The molecular formula is C7H5I2N3. The number of nitrogens with two attached hydrogens (primary N) is 1. The molecule has 0 radical (unpaired) electrons. The highest BCUT2D eigenvalue weighted by Crippen LogP contribution is 2.23. The van der Waals surface area contributed by atoms with Crippen molar-refractivity contribution in [3.63, 3.8) is 0 Å². The topological polar surface area (TPSA) is 54.7 Å². The molecule has 1 heterocycles. The molecule has 3 nitrogen and oxygen atoms in total. The van der Waals surface area contributed by atoms with E-state index in [1.165, 1.54) is 3.57 Å². The van der Waals surface area contributed by atoms with Gasteiger partial charge in [0.05, 0.1) is 9.09 Å². The van der Waals surface area contributed by atoms with Gasteiger partial charge in [-0.25, -0.2) is 4.98 Å². The first-order valence-corrected chi connectivity index (χ1v) is 5.43. The Labute approximate surface area is 96.4 Å². The molecule has 0 atom stereocenters. The lowest BCUT2D eigenvalue weighted by Crippen LogP contribution is -1.84. The maximum absolute atomic E-state index is 5.54. The van der Waals surface area contributed by atoms with Gasteiger partial charge in [-0.1, -0.05) is 0 Å². The SMILES string of the molecule is Nc1nc2c(I)c(I)ccc2[nH]1. The monoisotopic (exact) mass is 385 g/mol. The Morgan fingerprint density at radius 1 is 1.33 bits per heavy atom. The zero-order chi connectivity index (χ0) is 8.72. The highest BCUT2D eigenvalue weighted by atomic mass is 127. The third-order valence-corrected chi connectivity index (χ3v) is 4.59. The van der Waals surface area contributed by atoms with E-state index >= 15 is 0 Å². The summed E-state index contributed by atoms with van der Waals surface area (Å²) in [5, 5.41) is 0. The fraction of sp³-hybridized carbons (Fsp3) is 0. The molecule has 0 saturated carbocycles. The number of anilines is 1. The third kappa shape index (κ3) is 1.28. The van der Waals surface area contributed by atoms with Crippen molar-refractivity contribution in [1.29, 1.82) is 0 Å². The van der Waals surface area contributed by atoms with Gasteiger partial charge in [-0.3, -0.25) is 0 Å². The van der Waals surface area contributed by atoms with E-state index in [4.69, 9.17) is 5.73 Å². The summed E-state index contributed by atoms with van der Waals surface area (Å²) >= 11 is 4.55. The minimum Gasteiger partial charge on any atom is -0.369 e. The molecule has 2 aromatic rings. The smallest absolute Gasteiger partial charge is 0.198 e. The van der Waals surface area contributed by atoms with Crippen molar-refractivity contribution in [1.82, 2.24) is 9.97 Å². The Balaban J connectivity index is 2.89. The molecule has 3 N–H and O–H groups in total. The van der Waals surface area contributed by atoms with Gasteiger partial charge in [-0.2, -0.15) is 0 Å². The van der Waals surface area contributed by atoms with Gasteiger partial charge in [0.25, 0.3) is 0 Å². The minimum atomic E-state index is 0.477. The second-order valence-corrected chi connectivity index (χ2v) is 4.62. The average Bonchev–Trinajstić information content (AvgIpc) is 2.39. The molecule has 0 amide bonds. The van der Waals surface area contributed by atoms with Crippen molar-refractivity contribution in [2.24, 2.45) is 0 Å². The zero-order valence-corrected chi connectivity index (χ0v) is 10.3. The summed E-state index contributed by atoms with van der Waals surface area (Å²) in [6, 6.07) is 4.03. The highest BCUT2D eigenvalue weighted by molar-refractivity contribution is 14.1. The van der Waals surface area contributed by atoms with Crippen LogP contribution in [-0.2, 0) is 0 Å². The van der Waals surface area contributed by atoms with Gasteiger partial charge in [0.2, 0.25) is 0 Å². The predicted molar refractivity (Wildman–Crippen MR) is 65.9 cm³/mol. The van der Waals surface area contributed by atoms with Crippen molar-refractivity contribution >= 4 is 62.2 Å². The maximum atomic E-state index is 5.54. The van der Waals surface area contributed by atoms with Crippen LogP contribution in [0.15, 0.2) is 12.1 Å². The van der Waals surface area contributed by atoms with E-state index in [0.717, 1.165) is 14.6 Å². The number of nitrogen functional groups attached to an aromatic ring is 1. The van der Waals surface area contributed by atoms with Crippen molar-refractivity contribution in [3.05, 3.63) is 19.3 Å². The van der Waals surface area contributed by atoms with Crippen molar-refractivity contribution in [3.8, 4) is 0 Å². The summed E-state index contributed by atoms with van der Waals surface area (Å²) in [7, 11) is 0. The van der Waals surface area contributed by atoms with E-state index in [2.05, 4.69) is 55.1 Å². The molecule has 0 aliphatic rings. The summed E-state index contributed by atoms with van der Waals surface area (Å²) in [6.07, 6.45) is 0. The molecular weight excluding hydrogens is 380 g/mol. The third-order valence-electron chi connectivity index (χ3n) is 1.56. The number of imidazole rings is 1. The largest absolute Gasteiger partial charge is 0.369 e. The van der Waals surface area contributed by atoms with Gasteiger partial charge in [-0.15, -0.1) is 0 Å². The molecule has 1 aromatic heterocycles. The van der Waals surface area contributed by atoms with E-state index < -0.39 is 0 Å². The number of fused-ring (bicyclic) bond motifs is 1. The van der Waals surface area contributed by atoms with E-state index in [1.54, 1.807) is 0 Å². The van der Waals surface area contributed by atoms with Crippen LogP contribution in [0, 0.1) is 7.14 Å². The van der Waals surface area contributed by atoms with E-state index in [0.29, 0.717) is 5.95 Å². The van der Waals surface area contributed by atoms with Gasteiger partial charge >= 0.3 is 0 Å². The lowest BCUT2D eigenvalue weighted by Gasteiger charge is -1.94. The molecule has 0 aliphatic heterocycles.